The zero-order valence-corrected chi connectivity index (χ0v) is 15.3. The molecule has 1 heterocycles. The summed E-state index contributed by atoms with van der Waals surface area (Å²) < 4.78 is 4.90. The van der Waals surface area contributed by atoms with E-state index in [1.165, 1.54) is 42.6 Å². The molecule has 0 atom stereocenters. The average Bonchev–Trinajstić information content (AvgIpc) is 3.06. The summed E-state index contributed by atoms with van der Waals surface area (Å²) in [5.41, 5.74) is 1.90. The summed E-state index contributed by atoms with van der Waals surface area (Å²) in [6, 6.07) is 9.46. The van der Waals surface area contributed by atoms with Gasteiger partial charge >= 0.3 is 0 Å². The highest BCUT2D eigenvalue weighted by Gasteiger charge is 2.18. The number of aryl methyl sites for hydroxylation is 1. The Morgan fingerprint density at radius 2 is 1.88 bits per heavy atom. The number of nitrogens with one attached hydrogen (secondary N) is 1. The van der Waals surface area contributed by atoms with Gasteiger partial charge in [0.15, 0.2) is 5.82 Å². The maximum atomic E-state index is 12.5. The molecular weight excluding hydrogens is 330 g/mol. The third-order valence-electron chi connectivity index (χ3n) is 4.86. The molecule has 6 nitrogen and oxygen atoms in total. The second-order valence-corrected chi connectivity index (χ2v) is 6.99. The highest BCUT2D eigenvalue weighted by atomic mass is 16.5. The summed E-state index contributed by atoms with van der Waals surface area (Å²) in [5.74, 6) is 1.09. The Bertz CT molecular complexity index is 761. The number of aromatic nitrogens is 1. The van der Waals surface area contributed by atoms with Crippen LogP contribution in [0.3, 0.4) is 0 Å². The zero-order valence-electron chi connectivity index (χ0n) is 15.3. The molecule has 1 saturated carbocycles. The molecule has 0 radical (unpaired) electrons. The first kappa shape index (κ1) is 18.2. The van der Waals surface area contributed by atoms with Crippen LogP contribution in [-0.2, 0) is 4.79 Å². The summed E-state index contributed by atoms with van der Waals surface area (Å²) in [5, 5.41) is 6.32. The standard InChI is InChI=1S/C20H25N3O3/c1-14-12-18(22-26-14)21-19(24)13-23(2)20(25)17-10-8-16(9-11-17)15-6-4-3-5-7-15/h8-12,15H,3-7,13H2,1-2H3,(H,21,22,24). The van der Waals surface area contributed by atoms with Gasteiger partial charge in [0, 0.05) is 18.7 Å². The molecule has 3 rings (SSSR count). The summed E-state index contributed by atoms with van der Waals surface area (Å²) in [4.78, 5) is 26.0. The van der Waals surface area contributed by atoms with Gasteiger partial charge < -0.3 is 14.7 Å². The molecule has 1 N–H and O–H groups in total. The Hall–Kier alpha value is -2.63. The number of benzene rings is 1. The highest BCUT2D eigenvalue weighted by Crippen LogP contribution is 2.32. The molecule has 1 aromatic carbocycles. The minimum absolute atomic E-state index is 0.0465. The van der Waals surface area contributed by atoms with E-state index in [1.807, 2.05) is 12.1 Å². The number of anilines is 1. The van der Waals surface area contributed by atoms with Crippen LogP contribution in [0.25, 0.3) is 0 Å². The van der Waals surface area contributed by atoms with Crippen molar-refractivity contribution >= 4 is 17.6 Å². The second-order valence-electron chi connectivity index (χ2n) is 6.99. The van der Waals surface area contributed by atoms with Crippen molar-refractivity contribution in [2.24, 2.45) is 0 Å². The maximum Gasteiger partial charge on any atom is 0.254 e. The lowest BCUT2D eigenvalue weighted by molar-refractivity contribution is -0.116. The van der Waals surface area contributed by atoms with Crippen molar-refractivity contribution in [1.29, 1.82) is 0 Å². The normalized spacial score (nSPS) is 14.8. The van der Waals surface area contributed by atoms with Gasteiger partial charge in [-0.3, -0.25) is 9.59 Å². The fourth-order valence-electron chi connectivity index (χ4n) is 3.45. The lowest BCUT2D eigenvalue weighted by Crippen LogP contribution is -2.35. The van der Waals surface area contributed by atoms with Crippen molar-refractivity contribution in [2.45, 2.75) is 44.9 Å². The smallest absolute Gasteiger partial charge is 0.254 e. The van der Waals surface area contributed by atoms with Crippen LogP contribution >= 0.6 is 0 Å². The molecule has 2 amide bonds. The molecule has 0 bridgehead atoms. The van der Waals surface area contributed by atoms with Crippen LogP contribution in [-0.4, -0.2) is 35.5 Å². The van der Waals surface area contributed by atoms with E-state index in [1.54, 1.807) is 20.0 Å². The first-order valence-corrected chi connectivity index (χ1v) is 9.11. The van der Waals surface area contributed by atoms with Crippen LogP contribution in [0.4, 0.5) is 5.82 Å². The first-order chi connectivity index (χ1) is 12.5. The zero-order chi connectivity index (χ0) is 18.5. The molecule has 2 aromatic rings. The number of nitrogens with zero attached hydrogens (tertiary/aromatic N) is 2. The fourth-order valence-corrected chi connectivity index (χ4v) is 3.45. The molecule has 6 heteroatoms. The van der Waals surface area contributed by atoms with E-state index in [0.717, 1.165) is 0 Å². The van der Waals surface area contributed by atoms with E-state index in [4.69, 9.17) is 4.52 Å². The van der Waals surface area contributed by atoms with Gasteiger partial charge in [-0.1, -0.05) is 36.6 Å². The van der Waals surface area contributed by atoms with E-state index < -0.39 is 0 Å². The molecule has 26 heavy (non-hydrogen) atoms. The molecule has 0 saturated heterocycles. The van der Waals surface area contributed by atoms with Crippen LogP contribution in [0.2, 0.25) is 0 Å². The van der Waals surface area contributed by atoms with Gasteiger partial charge in [-0.25, -0.2) is 0 Å². The number of hydrogen-bond acceptors (Lipinski definition) is 4. The Balaban J connectivity index is 1.56. The summed E-state index contributed by atoms with van der Waals surface area (Å²) in [6.45, 7) is 1.70. The molecule has 1 aliphatic carbocycles. The van der Waals surface area contributed by atoms with E-state index in [2.05, 4.69) is 22.6 Å². The number of likely N-dealkylation sites (N-methyl/N-ethyl adjacent to an activating group) is 1. The van der Waals surface area contributed by atoms with E-state index in [9.17, 15) is 9.59 Å². The van der Waals surface area contributed by atoms with Crippen LogP contribution in [0.5, 0.6) is 0 Å². The lowest BCUT2D eigenvalue weighted by atomic mass is 9.84. The van der Waals surface area contributed by atoms with Gasteiger partial charge in [0.25, 0.3) is 5.91 Å². The van der Waals surface area contributed by atoms with Gasteiger partial charge in [0.05, 0.1) is 6.54 Å². The van der Waals surface area contributed by atoms with E-state index in [-0.39, 0.29) is 18.4 Å². The van der Waals surface area contributed by atoms with Crippen LogP contribution < -0.4 is 5.32 Å². The van der Waals surface area contributed by atoms with Crippen LogP contribution in [0.15, 0.2) is 34.9 Å². The van der Waals surface area contributed by atoms with Crippen molar-refractivity contribution in [1.82, 2.24) is 10.1 Å². The van der Waals surface area contributed by atoms with Gasteiger partial charge in [-0.15, -0.1) is 0 Å². The van der Waals surface area contributed by atoms with Crippen LogP contribution in [0, 0.1) is 6.92 Å². The second kappa shape index (κ2) is 8.17. The van der Waals surface area contributed by atoms with E-state index in [0.29, 0.717) is 23.1 Å². The minimum atomic E-state index is -0.312. The molecule has 1 aliphatic rings. The molecule has 0 unspecified atom stereocenters. The third kappa shape index (κ3) is 4.50. The van der Waals surface area contributed by atoms with Gasteiger partial charge in [-0.05, 0) is 43.4 Å². The van der Waals surface area contributed by atoms with Crippen molar-refractivity contribution in [2.75, 3.05) is 18.9 Å². The fraction of sp³-hybridized carbons (Fsp3) is 0.450. The van der Waals surface area contributed by atoms with Crippen molar-refractivity contribution in [3.63, 3.8) is 0 Å². The van der Waals surface area contributed by atoms with Gasteiger partial charge in [0.2, 0.25) is 5.91 Å². The van der Waals surface area contributed by atoms with Gasteiger partial charge in [0.1, 0.15) is 5.76 Å². The number of rotatable bonds is 5. The summed E-state index contributed by atoms with van der Waals surface area (Å²) >= 11 is 0. The SMILES string of the molecule is Cc1cc(NC(=O)CN(C)C(=O)c2ccc(C3CCCCC3)cc2)no1. The molecule has 1 aromatic heterocycles. The maximum absolute atomic E-state index is 12.5. The van der Waals surface area contributed by atoms with Crippen molar-refractivity contribution in [3.8, 4) is 0 Å². The summed E-state index contributed by atoms with van der Waals surface area (Å²) in [6.07, 6.45) is 6.36. The predicted octanol–water partition coefficient (Wildman–Crippen LogP) is 3.74. The highest BCUT2D eigenvalue weighted by molar-refractivity contribution is 5.98. The molecule has 138 valence electrons. The molecule has 0 spiro atoms. The Morgan fingerprint density at radius 3 is 2.50 bits per heavy atom. The largest absolute Gasteiger partial charge is 0.360 e. The minimum Gasteiger partial charge on any atom is -0.360 e. The molecule has 0 aliphatic heterocycles. The quantitative estimate of drug-likeness (QED) is 0.886. The Labute approximate surface area is 153 Å². The monoisotopic (exact) mass is 355 g/mol. The Morgan fingerprint density at radius 1 is 1.19 bits per heavy atom. The van der Waals surface area contributed by atoms with E-state index >= 15 is 0 Å². The third-order valence-corrected chi connectivity index (χ3v) is 4.86. The number of amides is 2. The van der Waals surface area contributed by atoms with Gasteiger partial charge in [-0.2, -0.15) is 0 Å². The van der Waals surface area contributed by atoms with Crippen LogP contribution in [0.1, 0.15) is 59.7 Å². The lowest BCUT2D eigenvalue weighted by Gasteiger charge is -2.22. The molecule has 1 fully saturated rings. The van der Waals surface area contributed by atoms with Crippen molar-refractivity contribution < 1.29 is 14.1 Å². The van der Waals surface area contributed by atoms with Crippen molar-refractivity contribution in [3.05, 3.63) is 47.2 Å². The topological polar surface area (TPSA) is 75.4 Å². The predicted molar refractivity (Wildman–Crippen MR) is 99.1 cm³/mol. The number of carbonyl (C=O) groups is 2. The Kier molecular flexibility index (Phi) is 5.71. The molecular formula is C20H25N3O3. The first-order valence-electron chi connectivity index (χ1n) is 9.11. The number of hydrogen-bond donors (Lipinski definition) is 1. The summed E-state index contributed by atoms with van der Waals surface area (Å²) in [7, 11) is 1.62. The average molecular weight is 355 g/mol. The number of carbonyl (C=O) groups excluding carboxylic acids is 2.